The molecule has 1 aliphatic heterocycles. The van der Waals surface area contributed by atoms with Gasteiger partial charge in [-0.1, -0.05) is 0 Å². The average molecular weight is 270 g/mol. The molecule has 0 saturated carbocycles. The number of phenols is 1. The Bertz CT molecular complexity index is 428. The Morgan fingerprint density at radius 1 is 1.32 bits per heavy atom. The highest BCUT2D eigenvalue weighted by Crippen LogP contribution is 2.25. The monoisotopic (exact) mass is 270 g/mol. The molecule has 0 aliphatic carbocycles. The fourth-order valence-electron chi connectivity index (χ4n) is 2.68. The summed E-state index contributed by atoms with van der Waals surface area (Å²) in [5.41, 5.74) is 0.568. The number of phenolic OH excluding ortho intramolecular Hbond substituents is 1. The predicted molar refractivity (Wildman–Crippen MR) is 70.0 cm³/mol. The zero-order valence-electron chi connectivity index (χ0n) is 11.4. The lowest BCUT2D eigenvalue weighted by Gasteiger charge is -2.27. The van der Waals surface area contributed by atoms with E-state index in [2.05, 4.69) is 9.80 Å². The molecule has 0 amide bonds. The van der Waals surface area contributed by atoms with Crippen molar-refractivity contribution in [3.8, 4) is 5.75 Å². The summed E-state index contributed by atoms with van der Waals surface area (Å²) in [5.74, 6) is -2.67. The summed E-state index contributed by atoms with van der Waals surface area (Å²) in [6.07, 6.45) is 2.22. The molecule has 1 aliphatic rings. The van der Waals surface area contributed by atoms with Crippen LogP contribution in [0.5, 0.6) is 5.75 Å². The zero-order chi connectivity index (χ0) is 14.0. The first-order valence-electron chi connectivity index (χ1n) is 6.53. The van der Waals surface area contributed by atoms with Gasteiger partial charge in [0.05, 0.1) is 0 Å². The van der Waals surface area contributed by atoms with Crippen LogP contribution in [0.1, 0.15) is 18.4 Å². The normalized spacial score (nSPS) is 20.4. The van der Waals surface area contributed by atoms with Gasteiger partial charge in [-0.25, -0.2) is 8.78 Å². The zero-order valence-corrected chi connectivity index (χ0v) is 11.4. The lowest BCUT2D eigenvalue weighted by atomic mass is 10.1. The number of nitrogens with zero attached hydrogens (tertiary/aromatic N) is 2. The molecule has 1 saturated heterocycles. The molecule has 2 rings (SSSR count). The van der Waals surface area contributed by atoms with Crippen molar-refractivity contribution >= 4 is 0 Å². The summed E-state index contributed by atoms with van der Waals surface area (Å²) >= 11 is 0. The molecule has 1 atom stereocenters. The maximum Gasteiger partial charge on any atom is 0.187 e. The van der Waals surface area contributed by atoms with Gasteiger partial charge in [0, 0.05) is 19.1 Å². The Balaban J connectivity index is 2.08. The molecule has 0 bridgehead atoms. The molecule has 1 heterocycles. The second-order valence-electron chi connectivity index (χ2n) is 5.44. The Labute approximate surface area is 112 Å². The van der Waals surface area contributed by atoms with E-state index >= 15 is 0 Å². The Kier molecular flexibility index (Phi) is 4.37. The first-order valence-corrected chi connectivity index (χ1v) is 6.53. The van der Waals surface area contributed by atoms with Crippen LogP contribution in [0.3, 0.4) is 0 Å². The van der Waals surface area contributed by atoms with Crippen LogP contribution in [-0.2, 0) is 6.54 Å². The minimum Gasteiger partial charge on any atom is -0.503 e. The molecule has 1 fully saturated rings. The first kappa shape index (κ1) is 14.2. The number of hydrogen-bond donors (Lipinski definition) is 1. The van der Waals surface area contributed by atoms with Crippen molar-refractivity contribution in [3.63, 3.8) is 0 Å². The molecule has 1 N–H and O–H groups in total. The maximum atomic E-state index is 13.3. The van der Waals surface area contributed by atoms with Crippen molar-refractivity contribution in [3.05, 3.63) is 29.3 Å². The second kappa shape index (κ2) is 5.84. The van der Waals surface area contributed by atoms with Crippen molar-refractivity contribution in [1.82, 2.24) is 9.80 Å². The Morgan fingerprint density at radius 2 is 1.95 bits per heavy atom. The largest absolute Gasteiger partial charge is 0.503 e. The number of aromatic hydroxyl groups is 1. The van der Waals surface area contributed by atoms with Gasteiger partial charge in [0.1, 0.15) is 0 Å². The minimum atomic E-state index is -0.894. The molecule has 106 valence electrons. The second-order valence-corrected chi connectivity index (χ2v) is 5.44. The highest BCUT2D eigenvalue weighted by atomic mass is 19.1. The number of rotatable bonds is 4. The highest BCUT2D eigenvalue weighted by molar-refractivity contribution is 5.30. The van der Waals surface area contributed by atoms with Crippen LogP contribution in [0, 0.1) is 11.6 Å². The summed E-state index contributed by atoms with van der Waals surface area (Å²) < 4.78 is 26.6. The SMILES string of the molecule is CN(C)CC1CCCN1Cc1cc(F)c(O)c(F)c1. The Hall–Kier alpha value is -1.20. The van der Waals surface area contributed by atoms with Gasteiger partial charge in [-0.15, -0.1) is 0 Å². The molecule has 1 aromatic carbocycles. The van der Waals surface area contributed by atoms with E-state index in [0.717, 1.165) is 25.9 Å². The maximum absolute atomic E-state index is 13.3. The van der Waals surface area contributed by atoms with E-state index in [9.17, 15) is 8.78 Å². The average Bonchev–Trinajstić information content (AvgIpc) is 2.72. The fraction of sp³-hybridized carbons (Fsp3) is 0.571. The summed E-state index contributed by atoms with van der Waals surface area (Å²) in [5, 5.41) is 9.09. The molecule has 1 unspecified atom stereocenters. The third kappa shape index (κ3) is 3.42. The third-order valence-corrected chi connectivity index (χ3v) is 3.54. The summed E-state index contributed by atoms with van der Waals surface area (Å²) in [6, 6.07) is 2.85. The highest BCUT2D eigenvalue weighted by Gasteiger charge is 2.25. The van der Waals surface area contributed by atoms with Crippen molar-refractivity contribution in [2.75, 3.05) is 27.2 Å². The van der Waals surface area contributed by atoms with E-state index in [4.69, 9.17) is 5.11 Å². The van der Waals surface area contributed by atoms with E-state index in [-0.39, 0.29) is 0 Å². The van der Waals surface area contributed by atoms with E-state index in [0.29, 0.717) is 18.2 Å². The minimum absolute atomic E-state index is 0.426. The van der Waals surface area contributed by atoms with Crippen LogP contribution in [0.25, 0.3) is 0 Å². The van der Waals surface area contributed by atoms with Gasteiger partial charge in [-0.3, -0.25) is 4.90 Å². The number of halogens is 2. The number of likely N-dealkylation sites (N-methyl/N-ethyl adjacent to an activating group) is 1. The van der Waals surface area contributed by atoms with Gasteiger partial charge >= 0.3 is 0 Å². The van der Waals surface area contributed by atoms with Crippen molar-refractivity contribution in [1.29, 1.82) is 0 Å². The third-order valence-electron chi connectivity index (χ3n) is 3.54. The van der Waals surface area contributed by atoms with Gasteiger partial charge in [0.15, 0.2) is 17.4 Å². The van der Waals surface area contributed by atoms with E-state index in [1.165, 1.54) is 12.1 Å². The standard InChI is InChI=1S/C14H20F2N2O/c1-17(2)9-11-4-3-5-18(11)8-10-6-12(15)14(19)13(16)7-10/h6-7,11,19H,3-5,8-9H2,1-2H3. The van der Waals surface area contributed by atoms with Gasteiger partial charge in [0.2, 0.25) is 0 Å². The van der Waals surface area contributed by atoms with Crippen LogP contribution < -0.4 is 0 Å². The molecule has 3 nitrogen and oxygen atoms in total. The molecule has 5 heteroatoms. The van der Waals surface area contributed by atoms with Crippen molar-refractivity contribution in [2.24, 2.45) is 0 Å². The quantitative estimate of drug-likeness (QED) is 0.908. The number of likely N-dealkylation sites (tertiary alicyclic amines) is 1. The fourth-order valence-corrected chi connectivity index (χ4v) is 2.68. The van der Waals surface area contributed by atoms with Gasteiger partial charge in [-0.05, 0) is 51.2 Å². The molecule has 0 radical (unpaired) electrons. The smallest absolute Gasteiger partial charge is 0.187 e. The van der Waals surface area contributed by atoms with Gasteiger partial charge in [0.25, 0.3) is 0 Å². The van der Waals surface area contributed by atoms with Crippen molar-refractivity contribution in [2.45, 2.75) is 25.4 Å². The van der Waals surface area contributed by atoms with E-state index in [1.54, 1.807) is 0 Å². The molecule has 1 aromatic rings. The molecular formula is C14H20F2N2O. The molecular weight excluding hydrogens is 250 g/mol. The van der Waals surface area contributed by atoms with Crippen molar-refractivity contribution < 1.29 is 13.9 Å². The van der Waals surface area contributed by atoms with Gasteiger partial charge < -0.3 is 10.0 Å². The van der Waals surface area contributed by atoms with E-state index < -0.39 is 17.4 Å². The lowest BCUT2D eigenvalue weighted by molar-refractivity contribution is 0.200. The van der Waals surface area contributed by atoms with Gasteiger partial charge in [-0.2, -0.15) is 0 Å². The van der Waals surface area contributed by atoms with Crippen LogP contribution in [0.2, 0.25) is 0 Å². The summed E-state index contributed by atoms with van der Waals surface area (Å²) in [4.78, 5) is 4.37. The lowest BCUT2D eigenvalue weighted by Crippen LogP contribution is -2.37. The van der Waals surface area contributed by atoms with Crippen LogP contribution >= 0.6 is 0 Å². The summed E-state index contributed by atoms with van der Waals surface area (Å²) in [6.45, 7) is 2.41. The number of benzene rings is 1. The van der Waals surface area contributed by atoms with Crippen LogP contribution in [0.4, 0.5) is 8.78 Å². The molecule has 0 spiro atoms. The number of hydrogen-bond acceptors (Lipinski definition) is 3. The van der Waals surface area contributed by atoms with Crippen LogP contribution in [0.15, 0.2) is 12.1 Å². The molecule has 0 aromatic heterocycles. The summed E-state index contributed by atoms with van der Waals surface area (Å²) in [7, 11) is 4.05. The molecule has 19 heavy (non-hydrogen) atoms. The van der Waals surface area contributed by atoms with Crippen LogP contribution in [-0.4, -0.2) is 48.1 Å². The topological polar surface area (TPSA) is 26.7 Å². The Morgan fingerprint density at radius 3 is 2.53 bits per heavy atom. The first-order chi connectivity index (χ1) is 8.97. The van der Waals surface area contributed by atoms with E-state index in [1.807, 2.05) is 14.1 Å². The predicted octanol–water partition coefficient (Wildman–Crippen LogP) is 2.20.